The number of aromatic amines is 1. The van der Waals surface area contributed by atoms with Gasteiger partial charge >= 0.3 is 5.97 Å². The smallest absolute Gasteiger partial charge is 0.355 e. The Bertz CT molecular complexity index is 993. The fourth-order valence-electron chi connectivity index (χ4n) is 2.72. The highest BCUT2D eigenvalue weighted by Crippen LogP contribution is 2.19. The fourth-order valence-corrected chi connectivity index (χ4v) is 2.72. The number of amides is 1. The van der Waals surface area contributed by atoms with Crippen molar-refractivity contribution in [2.45, 2.75) is 13.3 Å². The highest BCUT2D eigenvalue weighted by atomic mass is 16.5. The monoisotopic (exact) mass is 376 g/mol. The Kier molecular flexibility index (Phi) is 6.01. The summed E-state index contributed by atoms with van der Waals surface area (Å²) in [5, 5.41) is 2.78. The van der Waals surface area contributed by atoms with E-state index in [1.165, 1.54) is 19.2 Å². The van der Waals surface area contributed by atoms with Crippen molar-refractivity contribution in [3.8, 4) is 0 Å². The quantitative estimate of drug-likeness (QED) is 0.487. The van der Waals surface area contributed by atoms with Gasteiger partial charge in [-0.1, -0.05) is 48.5 Å². The number of ketones is 1. The van der Waals surface area contributed by atoms with Gasteiger partial charge in [0.2, 0.25) is 0 Å². The lowest BCUT2D eigenvalue weighted by atomic mass is 10.0. The molecule has 0 aliphatic carbocycles. The number of benzene rings is 2. The van der Waals surface area contributed by atoms with Gasteiger partial charge in [-0.3, -0.25) is 9.59 Å². The lowest BCUT2D eigenvalue weighted by Gasteiger charge is -2.11. The van der Waals surface area contributed by atoms with E-state index in [2.05, 4.69) is 10.3 Å². The van der Waals surface area contributed by atoms with Gasteiger partial charge in [-0.25, -0.2) is 4.79 Å². The SMILES string of the molecule is CC(=O)c1c[nH]c(C(=O)OCC(=O)Nc2ccccc2Cc2ccccc2)c1. The summed E-state index contributed by atoms with van der Waals surface area (Å²) in [5.74, 6) is -1.30. The van der Waals surface area contributed by atoms with Crippen molar-refractivity contribution in [3.63, 3.8) is 0 Å². The maximum atomic E-state index is 12.2. The topological polar surface area (TPSA) is 88.3 Å². The molecule has 3 aromatic rings. The summed E-state index contributed by atoms with van der Waals surface area (Å²) in [5.41, 5.74) is 3.27. The Morgan fingerprint density at radius 2 is 1.71 bits per heavy atom. The number of esters is 1. The van der Waals surface area contributed by atoms with E-state index in [0.29, 0.717) is 17.7 Å². The van der Waals surface area contributed by atoms with Gasteiger partial charge in [-0.2, -0.15) is 0 Å². The minimum atomic E-state index is -0.694. The van der Waals surface area contributed by atoms with Crippen LogP contribution >= 0.6 is 0 Å². The lowest BCUT2D eigenvalue weighted by molar-refractivity contribution is -0.119. The summed E-state index contributed by atoms with van der Waals surface area (Å²) in [6.07, 6.45) is 2.10. The number of hydrogen-bond donors (Lipinski definition) is 2. The zero-order chi connectivity index (χ0) is 19.9. The van der Waals surface area contributed by atoms with E-state index in [4.69, 9.17) is 4.74 Å². The number of Topliss-reactive ketones (excluding diaryl/α,β-unsaturated/α-hetero) is 1. The van der Waals surface area contributed by atoms with E-state index >= 15 is 0 Å². The minimum Gasteiger partial charge on any atom is -0.451 e. The highest BCUT2D eigenvalue weighted by molar-refractivity contribution is 5.98. The molecule has 1 aromatic heterocycles. The molecule has 6 nitrogen and oxygen atoms in total. The zero-order valence-electron chi connectivity index (χ0n) is 15.4. The molecule has 0 aliphatic rings. The molecule has 1 heterocycles. The molecule has 0 spiro atoms. The standard InChI is InChI=1S/C22H20N2O4/c1-15(25)18-12-20(23-13-18)22(27)28-14-21(26)24-19-10-6-5-9-17(19)11-16-7-3-2-4-8-16/h2-10,12-13,23H,11,14H2,1H3,(H,24,26). The van der Waals surface area contributed by atoms with E-state index in [0.717, 1.165) is 11.1 Å². The molecule has 0 saturated carbocycles. The summed E-state index contributed by atoms with van der Waals surface area (Å²) in [6.45, 7) is 0.978. The molecule has 0 atom stereocenters. The van der Waals surface area contributed by atoms with Crippen LogP contribution in [0.15, 0.2) is 66.9 Å². The fraction of sp³-hybridized carbons (Fsp3) is 0.136. The summed E-state index contributed by atoms with van der Waals surface area (Å²) < 4.78 is 5.02. The maximum absolute atomic E-state index is 12.2. The molecule has 0 fully saturated rings. The van der Waals surface area contributed by atoms with Crippen molar-refractivity contribution in [1.29, 1.82) is 0 Å². The van der Waals surface area contributed by atoms with Crippen LogP contribution in [0.5, 0.6) is 0 Å². The molecule has 2 aromatic carbocycles. The number of H-pyrrole nitrogens is 1. The number of anilines is 1. The number of rotatable bonds is 7. The first-order chi connectivity index (χ1) is 13.5. The molecule has 0 aliphatic heterocycles. The molecular formula is C22H20N2O4. The second-order valence-electron chi connectivity index (χ2n) is 6.30. The third kappa shape index (κ3) is 4.94. The number of hydrogen-bond acceptors (Lipinski definition) is 4. The molecular weight excluding hydrogens is 356 g/mol. The van der Waals surface area contributed by atoms with Gasteiger partial charge in [0, 0.05) is 17.4 Å². The van der Waals surface area contributed by atoms with E-state index in [9.17, 15) is 14.4 Å². The van der Waals surface area contributed by atoms with Crippen LogP contribution in [0.1, 0.15) is 38.9 Å². The number of nitrogens with one attached hydrogen (secondary N) is 2. The van der Waals surface area contributed by atoms with E-state index in [1.54, 1.807) is 0 Å². The van der Waals surface area contributed by atoms with Crippen molar-refractivity contribution in [2.75, 3.05) is 11.9 Å². The third-order valence-corrected chi connectivity index (χ3v) is 4.17. The Balaban J connectivity index is 1.59. The van der Waals surface area contributed by atoms with E-state index < -0.39 is 18.5 Å². The van der Waals surface area contributed by atoms with Gasteiger partial charge < -0.3 is 15.0 Å². The van der Waals surface area contributed by atoms with E-state index in [1.807, 2.05) is 54.6 Å². The number of carbonyl (C=O) groups excluding carboxylic acids is 3. The van der Waals surface area contributed by atoms with Gasteiger partial charge in [-0.15, -0.1) is 0 Å². The average molecular weight is 376 g/mol. The lowest BCUT2D eigenvalue weighted by Crippen LogP contribution is -2.21. The molecule has 0 bridgehead atoms. The van der Waals surface area contributed by atoms with Crippen LogP contribution < -0.4 is 5.32 Å². The van der Waals surface area contributed by atoms with Crippen molar-refractivity contribution in [2.24, 2.45) is 0 Å². The molecule has 0 unspecified atom stereocenters. The summed E-state index contributed by atoms with van der Waals surface area (Å²) in [7, 11) is 0. The number of aromatic nitrogens is 1. The van der Waals surface area contributed by atoms with Crippen molar-refractivity contribution in [3.05, 3.63) is 89.2 Å². The third-order valence-electron chi connectivity index (χ3n) is 4.17. The predicted octanol–water partition coefficient (Wildman–Crippen LogP) is 3.60. The molecule has 28 heavy (non-hydrogen) atoms. The summed E-state index contributed by atoms with van der Waals surface area (Å²) >= 11 is 0. The molecule has 2 N–H and O–H groups in total. The summed E-state index contributed by atoms with van der Waals surface area (Å²) in [6, 6.07) is 18.8. The normalized spacial score (nSPS) is 10.3. The van der Waals surface area contributed by atoms with Gasteiger partial charge in [0.05, 0.1) is 0 Å². The molecule has 0 radical (unpaired) electrons. The zero-order valence-corrected chi connectivity index (χ0v) is 15.4. The highest BCUT2D eigenvalue weighted by Gasteiger charge is 2.14. The molecule has 0 saturated heterocycles. The number of para-hydroxylation sites is 1. The van der Waals surface area contributed by atoms with Crippen LogP contribution in [0.2, 0.25) is 0 Å². The van der Waals surface area contributed by atoms with Crippen molar-refractivity contribution in [1.82, 2.24) is 4.98 Å². The Morgan fingerprint density at radius 1 is 1.00 bits per heavy atom. The first-order valence-electron chi connectivity index (χ1n) is 8.81. The van der Waals surface area contributed by atoms with Gasteiger partial charge in [0.25, 0.3) is 5.91 Å². The molecule has 142 valence electrons. The summed E-state index contributed by atoms with van der Waals surface area (Å²) in [4.78, 5) is 38.2. The Morgan fingerprint density at radius 3 is 2.43 bits per heavy atom. The second-order valence-corrected chi connectivity index (χ2v) is 6.30. The Hall–Kier alpha value is -3.67. The van der Waals surface area contributed by atoms with Crippen LogP contribution in [-0.2, 0) is 16.0 Å². The van der Waals surface area contributed by atoms with Crippen LogP contribution in [0.4, 0.5) is 5.69 Å². The van der Waals surface area contributed by atoms with Gasteiger partial charge in [-0.05, 0) is 36.6 Å². The van der Waals surface area contributed by atoms with Crippen molar-refractivity contribution >= 4 is 23.3 Å². The molecule has 1 amide bonds. The first-order valence-corrected chi connectivity index (χ1v) is 8.81. The molecule has 6 heteroatoms. The van der Waals surface area contributed by atoms with Gasteiger partial charge in [0.15, 0.2) is 12.4 Å². The van der Waals surface area contributed by atoms with Crippen LogP contribution in [0.25, 0.3) is 0 Å². The van der Waals surface area contributed by atoms with Crippen molar-refractivity contribution < 1.29 is 19.1 Å². The predicted molar refractivity (Wildman–Crippen MR) is 105 cm³/mol. The largest absolute Gasteiger partial charge is 0.451 e. The Labute approximate surface area is 162 Å². The number of carbonyl (C=O) groups is 3. The maximum Gasteiger partial charge on any atom is 0.355 e. The number of ether oxygens (including phenoxy) is 1. The van der Waals surface area contributed by atoms with Gasteiger partial charge in [0.1, 0.15) is 5.69 Å². The minimum absolute atomic E-state index is 0.127. The van der Waals surface area contributed by atoms with Crippen LogP contribution in [0.3, 0.4) is 0 Å². The van der Waals surface area contributed by atoms with E-state index in [-0.39, 0.29) is 11.5 Å². The van der Waals surface area contributed by atoms with Crippen LogP contribution in [-0.4, -0.2) is 29.3 Å². The molecule has 3 rings (SSSR count). The van der Waals surface area contributed by atoms with Crippen LogP contribution in [0, 0.1) is 0 Å². The second kappa shape index (κ2) is 8.81. The first kappa shape index (κ1) is 19.1. The average Bonchev–Trinajstić information content (AvgIpc) is 3.19.